The third-order valence-electron chi connectivity index (χ3n) is 5.32. The van der Waals surface area contributed by atoms with E-state index in [2.05, 4.69) is 15.0 Å². The summed E-state index contributed by atoms with van der Waals surface area (Å²) in [5.41, 5.74) is 3.08. The lowest BCUT2D eigenvalue weighted by molar-refractivity contribution is 0.496. The van der Waals surface area contributed by atoms with Gasteiger partial charge in [0, 0.05) is 29.4 Å². The van der Waals surface area contributed by atoms with Crippen molar-refractivity contribution in [1.82, 2.24) is 9.97 Å². The van der Waals surface area contributed by atoms with Gasteiger partial charge in [-0.1, -0.05) is 47.7 Å². The largest absolute Gasteiger partial charge is 0.444 e. The van der Waals surface area contributed by atoms with E-state index < -0.39 is 10.0 Å². The van der Waals surface area contributed by atoms with Crippen LogP contribution in [0.2, 0.25) is 0 Å². The zero-order chi connectivity index (χ0) is 23.5. The van der Waals surface area contributed by atoms with Gasteiger partial charge < -0.3 is 10.1 Å². The van der Waals surface area contributed by atoms with E-state index >= 15 is 0 Å². The minimum Gasteiger partial charge on any atom is -0.444 e. The van der Waals surface area contributed by atoms with Crippen LogP contribution in [-0.2, 0) is 10.0 Å². The highest BCUT2D eigenvalue weighted by molar-refractivity contribution is 7.92. The molecule has 0 radical (unpaired) electrons. The smallest absolute Gasteiger partial charge is 0.232 e. The predicted molar refractivity (Wildman–Crippen MR) is 137 cm³/mol. The van der Waals surface area contributed by atoms with Crippen molar-refractivity contribution in [3.05, 3.63) is 77.9 Å². The molecule has 9 heteroatoms. The number of sulfonamides is 1. The van der Waals surface area contributed by atoms with Crippen LogP contribution in [0.5, 0.6) is 10.8 Å². The van der Waals surface area contributed by atoms with Crippen LogP contribution >= 0.6 is 11.3 Å². The lowest BCUT2D eigenvalue weighted by Gasteiger charge is -2.11. The van der Waals surface area contributed by atoms with Crippen LogP contribution < -0.4 is 14.8 Å². The Kier molecular flexibility index (Phi) is 6.21. The fourth-order valence-electron chi connectivity index (χ4n) is 3.38. The molecule has 1 aliphatic carbocycles. The number of pyridine rings is 1. The molecule has 0 aliphatic heterocycles. The van der Waals surface area contributed by atoms with E-state index in [0.29, 0.717) is 28.9 Å². The maximum atomic E-state index is 11.9. The number of aromatic nitrogens is 2. The highest BCUT2D eigenvalue weighted by Gasteiger charge is 2.29. The van der Waals surface area contributed by atoms with Gasteiger partial charge in [0.1, 0.15) is 22.3 Å². The number of benzene rings is 2. The number of nitrogens with one attached hydrogen (secondary N) is 2. The van der Waals surface area contributed by atoms with Crippen LogP contribution in [0.1, 0.15) is 30.7 Å². The van der Waals surface area contributed by atoms with E-state index in [1.54, 1.807) is 42.7 Å². The third-order valence-corrected chi connectivity index (χ3v) is 7.72. The van der Waals surface area contributed by atoms with Gasteiger partial charge in [-0.3, -0.25) is 4.72 Å². The van der Waals surface area contributed by atoms with Crippen LogP contribution in [0.4, 0.5) is 17.2 Å². The van der Waals surface area contributed by atoms with Crippen molar-refractivity contribution in [2.75, 3.05) is 15.8 Å². The summed E-state index contributed by atoms with van der Waals surface area (Å²) in [6.45, 7) is 1.60. The second-order valence-electron chi connectivity index (χ2n) is 8.02. The molecule has 0 bridgehead atoms. The Balaban J connectivity index is 1.37. The number of ether oxygens (including phenoxy) is 1. The molecule has 0 amide bonds. The van der Waals surface area contributed by atoms with Crippen LogP contribution in [0.15, 0.2) is 72.9 Å². The fraction of sp³-hybridized carbons (Fsp3) is 0.200. The number of rotatable bonds is 9. The summed E-state index contributed by atoms with van der Waals surface area (Å²) >= 11 is 1.60. The summed E-state index contributed by atoms with van der Waals surface area (Å²) in [5, 5.41) is 5.10. The van der Waals surface area contributed by atoms with E-state index in [1.807, 2.05) is 48.5 Å². The van der Waals surface area contributed by atoms with E-state index in [-0.39, 0.29) is 5.75 Å². The van der Waals surface area contributed by atoms with Crippen LogP contribution in [-0.4, -0.2) is 24.1 Å². The van der Waals surface area contributed by atoms with Gasteiger partial charge in [-0.25, -0.2) is 18.4 Å². The van der Waals surface area contributed by atoms with Gasteiger partial charge in [-0.15, -0.1) is 0 Å². The lowest BCUT2D eigenvalue weighted by Crippen LogP contribution is -2.14. The molecule has 2 aromatic carbocycles. The van der Waals surface area contributed by atoms with Crippen molar-refractivity contribution in [2.24, 2.45) is 0 Å². The minimum atomic E-state index is -3.35. The molecule has 5 rings (SSSR count). The quantitative estimate of drug-likeness (QED) is 0.282. The Morgan fingerprint density at radius 2 is 1.82 bits per heavy atom. The van der Waals surface area contributed by atoms with Gasteiger partial charge in [0.15, 0.2) is 0 Å². The van der Waals surface area contributed by atoms with Crippen molar-refractivity contribution >= 4 is 38.6 Å². The maximum absolute atomic E-state index is 11.9. The molecule has 1 fully saturated rings. The molecular formula is C25H24N4O3S2. The zero-order valence-electron chi connectivity index (χ0n) is 18.6. The second-order valence-corrected chi connectivity index (χ2v) is 11.0. The molecule has 0 unspecified atom stereocenters. The first-order chi connectivity index (χ1) is 16.5. The summed E-state index contributed by atoms with van der Waals surface area (Å²) in [6, 6.07) is 20.7. The molecule has 2 heterocycles. The highest BCUT2D eigenvalue weighted by atomic mass is 32.2. The molecule has 0 atom stereocenters. The van der Waals surface area contributed by atoms with Crippen molar-refractivity contribution in [3.63, 3.8) is 0 Å². The topological polar surface area (TPSA) is 93.2 Å². The van der Waals surface area contributed by atoms with Crippen molar-refractivity contribution < 1.29 is 13.2 Å². The standard InChI is InChI=1S/C25H24N4O3S2/c1-2-34(30,31)29-20-10-6-9-19(15-20)27-22-16-21(13-14-26-22)32-25-23(17-7-4-3-5-8-17)28-24(33-25)18-11-12-18/h3-10,13-16,18,29H,2,11-12H2,1H3,(H,26,27). The summed E-state index contributed by atoms with van der Waals surface area (Å²) in [5.74, 6) is 1.78. The normalized spacial score (nSPS) is 13.4. The van der Waals surface area contributed by atoms with Gasteiger partial charge in [0.05, 0.1) is 11.4 Å². The van der Waals surface area contributed by atoms with Crippen LogP contribution in [0, 0.1) is 0 Å². The van der Waals surface area contributed by atoms with Gasteiger partial charge in [0.25, 0.3) is 0 Å². The van der Waals surface area contributed by atoms with Crippen molar-refractivity contribution in [2.45, 2.75) is 25.7 Å². The number of thiazole rings is 1. The van der Waals surface area contributed by atoms with E-state index in [4.69, 9.17) is 9.72 Å². The average molecular weight is 493 g/mol. The highest BCUT2D eigenvalue weighted by Crippen LogP contribution is 2.48. The fourth-order valence-corrected chi connectivity index (χ4v) is 5.14. The minimum absolute atomic E-state index is 0.0105. The second kappa shape index (κ2) is 9.44. The van der Waals surface area contributed by atoms with Gasteiger partial charge in [0.2, 0.25) is 15.1 Å². The van der Waals surface area contributed by atoms with Crippen LogP contribution in [0.3, 0.4) is 0 Å². The van der Waals surface area contributed by atoms with E-state index in [1.165, 1.54) is 12.8 Å². The molecule has 1 saturated carbocycles. The molecule has 1 aliphatic rings. The first-order valence-corrected chi connectivity index (χ1v) is 13.5. The van der Waals surface area contributed by atoms with Crippen molar-refractivity contribution in [3.8, 4) is 22.1 Å². The number of nitrogens with zero attached hydrogens (tertiary/aromatic N) is 2. The SMILES string of the molecule is CCS(=O)(=O)Nc1cccc(Nc2cc(Oc3sc(C4CC4)nc3-c3ccccc3)ccn2)c1. The molecule has 0 spiro atoms. The Bertz CT molecular complexity index is 1400. The van der Waals surface area contributed by atoms with E-state index in [9.17, 15) is 8.42 Å². The summed E-state index contributed by atoms with van der Waals surface area (Å²) < 4.78 is 32.6. The first-order valence-electron chi connectivity index (χ1n) is 11.1. The van der Waals surface area contributed by atoms with Gasteiger partial charge >= 0.3 is 0 Å². The van der Waals surface area contributed by atoms with Gasteiger partial charge in [-0.05, 0) is 44.0 Å². The summed E-state index contributed by atoms with van der Waals surface area (Å²) in [6.07, 6.45) is 4.03. The molecule has 174 valence electrons. The predicted octanol–water partition coefficient (Wildman–Crippen LogP) is 6.38. The third kappa shape index (κ3) is 5.37. The monoisotopic (exact) mass is 492 g/mol. The lowest BCUT2D eigenvalue weighted by atomic mass is 10.2. The van der Waals surface area contributed by atoms with Gasteiger partial charge in [-0.2, -0.15) is 0 Å². The summed E-state index contributed by atoms with van der Waals surface area (Å²) in [4.78, 5) is 9.26. The molecule has 4 aromatic rings. The number of hydrogen-bond acceptors (Lipinski definition) is 7. The van der Waals surface area contributed by atoms with Crippen molar-refractivity contribution in [1.29, 1.82) is 0 Å². The molecule has 7 nitrogen and oxygen atoms in total. The first kappa shape index (κ1) is 22.4. The molecule has 0 saturated heterocycles. The summed E-state index contributed by atoms with van der Waals surface area (Å²) in [7, 11) is -3.35. The molecule has 34 heavy (non-hydrogen) atoms. The maximum Gasteiger partial charge on any atom is 0.232 e. The average Bonchev–Trinajstić information content (AvgIpc) is 3.60. The molecule has 2 N–H and O–H groups in total. The Hall–Kier alpha value is -3.43. The molecular weight excluding hydrogens is 468 g/mol. The Labute approximate surface area is 202 Å². The van der Waals surface area contributed by atoms with E-state index in [0.717, 1.165) is 21.3 Å². The Morgan fingerprint density at radius 1 is 1.03 bits per heavy atom. The zero-order valence-corrected chi connectivity index (χ0v) is 20.2. The Morgan fingerprint density at radius 3 is 2.59 bits per heavy atom. The number of anilines is 3. The number of hydrogen-bond donors (Lipinski definition) is 2. The van der Waals surface area contributed by atoms with Crippen LogP contribution in [0.25, 0.3) is 11.3 Å². The molecule has 2 aromatic heterocycles.